The van der Waals surface area contributed by atoms with E-state index in [0.29, 0.717) is 12.2 Å². The van der Waals surface area contributed by atoms with Crippen molar-refractivity contribution in [3.63, 3.8) is 0 Å². The number of hydrogen-bond donors (Lipinski definition) is 0. The summed E-state index contributed by atoms with van der Waals surface area (Å²) in [5, 5.41) is 19.0. The number of fused-ring (bicyclic) bond motifs is 1. The molecular weight excluding hydrogens is 250 g/mol. The summed E-state index contributed by atoms with van der Waals surface area (Å²) in [6.07, 6.45) is 3.27. The highest BCUT2D eigenvalue weighted by Gasteiger charge is 2.10. The van der Waals surface area contributed by atoms with Crippen molar-refractivity contribution in [3.05, 3.63) is 59.8 Å². The average molecular weight is 259 g/mol. The molecule has 0 aliphatic rings. The Bertz CT molecular complexity index is 864. The molecule has 0 aliphatic carbocycles. The Kier molecular flexibility index (Phi) is 2.87. The van der Waals surface area contributed by atoms with E-state index in [2.05, 4.69) is 9.97 Å². The van der Waals surface area contributed by atoms with E-state index in [9.17, 15) is 0 Å². The van der Waals surface area contributed by atoms with Gasteiger partial charge in [0.1, 0.15) is 12.1 Å². The highest BCUT2D eigenvalue weighted by Crippen LogP contribution is 2.15. The van der Waals surface area contributed by atoms with E-state index >= 15 is 0 Å². The fraction of sp³-hybridized carbons (Fsp3) is 0.0667. The van der Waals surface area contributed by atoms with Gasteiger partial charge in [0.05, 0.1) is 11.8 Å². The van der Waals surface area contributed by atoms with Crippen molar-refractivity contribution in [2.45, 2.75) is 6.54 Å². The number of nitrogens with zero attached hydrogens (tertiary/aromatic N) is 5. The lowest BCUT2D eigenvalue weighted by molar-refractivity contribution is 0.786. The molecular formula is C15H9N5. The van der Waals surface area contributed by atoms with Gasteiger partial charge >= 0.3 is 0 Å². The van der Waals surface area contributed by atoms with Crippen molar-refractivity contribution >= 4 is 10.9 Å². The molecule has 0 radical (unpaired) electrons. The number of nitriles is 2. The van der Waals surface area contributed by atoms with E-state index in [0.717, 1.165) is 16.5 Å². The molecule has 3 aromatic rings. The Morgan fingerprint density at radius 2 is 2.00 bits per heavy atom. The van der Waals surface area contributed by atoms with Crippen LogP contribution in [0, 0.1) is 22.7 Å². The summed E-state index contributed by atoms with van der Waals surface area (Å²) in [5.41, 5.74) is 2.41. The maximum atomic E-state index is 9.10. The summed E-state index contributed by atoms with van der Waals surface area (Å²) in [5.74, 6) is 0. The SMILES string of the molecule is N#Cc1ncn(Cc2ccc3ncccc3c2)c1C#N. The zero-order valence-corrected chi connectivity index (χ0v) is 10.5. The van der Waals surface area contributed by atoms with Crippen LogP contribution in [0.15, 0.2) is 42.9 Å². The Morgan fingerprint density at radius 3 is 2.80 bits per heavy atom. The van der Waals surface area contributed by atoms with Crippen LogP contribution in [0.5, 0.6) is 0 Å². The highest BCUT2D eigenvalue weighted by atomic mass is 15.1. The van der Waals surface area contributed by atoms with Gasteiger partial charge in [-0.05, 0) is 23.8 Å². The summed E-state index contributed by atoms with van der Waals surface area (Å²) in [6.45, 7) is 0.502. The molecule has 0 amide bonds. The van der Waals surface area contributed by atoms with Crippen molar-refractivity contribution in [3.8, 4) is 12.1 Å². The highest BCUT2D eigenvalue weighted by molar-refractivity contribution is 5.78. The molecule has 0 bridgehead atoms. The molecule has 2 heterocycles. The largest absolute Gasteiger partial charge is 0.317 e. The molecule has 20 heavy (non-hydrogen) atoms. The van der Waals surface area contributed by atoms with Gasteiger partial charge in [-0.15, -0.1) is 0 Å². The molecule has 2 aromatic heterocycles. The summed E-state index contributed by atoms with van der Waals surface area (Å²) in [7, 11) is 0. The molecule has 5 nitrogen and oxygen atoms in total. The number of hydrogen-bond acceptors (Lipinski definition) is 4. The maximum absolute atomic E-state index is 9.10. The summed E-state index contributed by atoms with van der Waals surface area (Å²) < 4.78 is 1.68. The van der Waals surface area contributed by atoms with Crippen molar-refractivity contribution in [2.75, 3.05) is 0 Å². The number of benzene rings is 1. The Labute approximate surface area is 115 Å². The first-order valence-electron chi connectivity index (χ1n) is 6.01. The summed E-state index contributed by atoms with van der Waals surface area (Å²) in [4.78, 5) is 8.20. The number of imidazole rings is 1. The molecule has 0 saturated heterocycles. The normalized spacial score (nSPS) is 10.1. The Balaban J connectivity index is 2.00. The van der Waals surface area contributed by atoms with Crippen LogP contribution >= 0.6 is 0 Å². The van der Waals surface area contributed by atoms with Crippen molar-refractivity contribution in [2.24, 2.45) is 0 Å². The molecule has 0 saturated carbocycles. The topological polar surface area (TPSA) is 78.3 Å². The van der Waals surface area contributed by atoms with E-state index in [-0.39, 0.29) is 5.69 Å². The predicted octanol–water partition coefficient (Wildman–Crippen LogP) is 2.22. The second-order valence-corrected chi connectivity index (χ2v) is 4.32. The molecule has 5 heteroatoms. The fourth-order valence-corrected chi connectivity index (χ4v) is 2.12. The summed E-state index contributed by atoms with van der Waals surface area (Å²) >= 11 is 0. The van der Waals surface area contributed by atoms with Gasteiger partial charge < -0.3 is 4.57 Å². The number of aromatic nitrogens is 3. The maximum Gasteiger partial charge on any atom is 0.176 e. The number of rotatable bonds is 2. The predicted molar refractivity (Wildman–Crippen MR) is 72.5 cm³/mol. The van der Waals surface area contributed by atoms with E-state index in [1.165, 1.54) is 6.33 Å². The van der Waals surface area contributed by atoms with Gasteiger partial charge in [-0.3, -0.25) is 4.98 Å². The van der Waals surface area contributed by atoms with Gasteiger partial charge in [0, 0.05) is 18.1 Å². The summed E-state index contributed by atoms with van der Waals surface area (Å²) in [6, 6.07) is 13.7. The minimum atomic E-state index is 0.162. The van der Waals surface area contributed by atoms with Crippen LogP contribution in [0.4, 0.5) is 0 Å². The first-order valence-corrected chi connectivity index (χ1v) is 6.01. The second-order valence-electron chi connectivity index (χ2n) is 4.32. The molecule has 0 fully saturated rings. The fourth-order valence-electron chi connectivity index (χ4n) is 2.12. The van der Waals surface area contributed by atoms with Gasteiger partial charge in [0.2, 0.25) is 0 Å². The molecule has 0 N–H and O–H groups in total. The third-order valence-electron chi connectivity index (χ3n) is 3.07. The van der Waals surface area contributed by atoms with Crippen LogP contribution in [0.1, 0.15) is 17.0 Å². The smallest absolute Gasteiger partial charge is 0.176 e. The second kappa shape index (κ2) is 4.83. The molecule has 0 atom stereocenters. The van der Waals surface area contributed by atoms with E-state index in [4.69, 9.17) is 10.5 Å². The standard InChI is InChI=1S/C15H9N5/c16-7-14-15(8-17)20(10-19-14)9-11-3-4-13-12(6-11)2-1-5-18-13/h1-6,10H,9H2. The number of pyridine rings is 1. The Hall–Kier alpha value is -3.18. The molecule has 94 valence electrons. The lowest BCUT2D eigenvalue weighted by Crippen LogP contribution is -2.01. The molecule has 0 spiro atoms. The van der Waals surface area contributed by atoms with Crippen LogP contribution in [-0.2, 0) is 6.54 Å². The van der Waals surface area contributed by atoms with E-state index < -0.39 is 0 Å². The monoisotopic (exact) mass is 259 g/mol. The third-order valence-corrected chi connectivity index (χ3v) is 3.07. The van der Waals surface area contributed by atoms with Gasteiger partial charge in [-0.2, -0.15) is 10.5 Å². The van der Waals surface area contributed by atoms with E-state index in [1.54, 1.807) is 10.8 Å². The van der Waals surface area contributed by atoms with Crippen LogP contribution < -0.4 is 0 Å². The zero-order valence-electron chi connectivity index (χ0n) is 10.5. The Morgan fingerprint density at radius 1 is 1.10 bits per heavy atom. The quantitative estimate of drug-likeness (QED) is 0.706. The molecule has 0 aliphatic heterocycles. The first-order chi connectivity index (χ1) is 9.81. The van der Waals surface area contributed by atoms with Gasteiger partial charge in [-0.25, -0.2) is 4.98 Å². The van der Waals surface area contributed by atoms with Crippen LogP contribution in [0.2, 0.25) is 0 Å². The molecule has 1 aromatic carbocycles. The van der Waals surface area contributed by atoms with Crippen LogP contribution in [-0.4, -0.2) is 14.5 Å². The average Bonchev–Trinajstić information content (AvgIpc) is 2.89. The van der Waals surface area contributed by atoms with Gasteiger partial charge in [0.15, 0.2) is 11.4 Å². The van der Waals surface area contributed by atoms with Crippen LogP contribution in [0.25, 0.3) is 10.9 Å². The lowest BCUT2D eigenvalue weighted by Gasteiger charge is -2.05. The third kappa shape index (κ3) is 1.98. The van der Waals surface area contributed by atoms with Gasteiger partial charge in [-0.1, -0.05) is 12.1 Å². The van der Waals surface area contributed by atoms with Crippen molar-refractivity contribution < 1.29 is 0 Å². The molecule has 3 rings (SSSR count). The lowest BCUT2D eigenvalue weighted by atomic mass is 10.1. The van der Waals surface area contributed by atoms with Crippen LogP contribution in [0.3, 0.4) is 0 Å². The molecule has 0 unspecified atom stereocenters. The van der Waals surface area contributed by atoms with Crippen molar-refractivity contribution in [1.82, 2.24) is 14.5 Å². The van der Waals surface area contributed by atoms with Gasteiger partial charge in [0.25, 0.3) is 0 Å². The minimum absolute atomic E-state index is 0.162. The van der Waals surface area contributed by atoms with Crippen molar-refractivity contribution in [1.29, 1.82) is 10.5 Å². The first kappa shape index (κ1) is 11.9. The zero-order chi connectivity index (χ0) is 13.9. The van der Waals surface area contributed by atoms with E-state index in [1.807, 2.05) is 42.5 Å². The minimum Gasteiger partial charge on any atom is -0.317 e.